The van der Waals surface area contributed by atoms with Crippen molar-refractivity contribution >= 4 is 0 Å². The van der Waals surface area contributed by atoms with Gasteiger partial charge in [-0.1, -0.05) is 0 Å². The van der Waals surface area contributed by atoms with Gasteiger partial charge in [0.25, 0.3) is 0 Å². The van der Waals surface area contributed by atoms with E-state index in [9.17, 15) is 13.2 Å². The lowest BCUT2D eigenvalue weighted by molar-refractivity contribution is -0.137. The molecule has 1 fully saturated rings. The van der Waals surface area contributed by atoms with E-state index in [1.165, 1.54) is 24.5 Å². The van der Waals surface area contributed by atoms with Gasteiger partial charge >= 0.3 is 6.18 Å². The van der Waals surface area contributed by atoms with Crippen LogP contribution in [0.15, 0.2) is 42.7 Å². The van der Waals surface area contributed by atoms with E-state index in [1.54, 1.807) is 12.1 Å². The molecule has 1 aliphatic rings. The molecular formula is C18H19F3N2O. The van der Waals surface area contributed by atoms with Gasteiger partial charge in [0.1, 0.15) is 5.75 Å². The summed E-state index contributed by atoms with van der Waals surface area (Å²) in [5, 5.41) is 0. The second-order valence-electron chi connectivity index (χ2n) is 6.10. The predicted octanol–water partition coefficient (Wildman–Crippen LogP) is 4.42. The summed E-state index contributed by atoms with van der Waals surface area (Å²) >= 11 is 0. The molecule has 2 N–H and O–H groups in total. The zero-order valence-electron chi connectivity index (χ0n) is 13.1. The molecule has 0 aliphatic heterocycles. The summed E-state index contributed by atoms with van der Waals surface area (Å²) in [4.78, 5) is 3.86. The molecule has 128 valence electrons. The summed E-state index contributed by atoms with van der Waals surface area (Å²) in [6.45, 7) is 0. The van der Waals surface area contributed by atoms with Crippen LogP contribution in [0.25, 0.3) is 11.1 Å². The number of alkyl halides is 3. The van der Waals surface area contributed by atoms with E-state index in [1.807, 2.05) is 0 Å². The van der Waals surface area contributed by atoms with Gasteiger partial charge < -0.3 is 10.5 Å². The van der Waals surface area contributed by atoms with Crippen LogP contribution in [0.2, 0.25) is 0 Å². The van der Waals surface area contributed by atoms with Gasteiger partial charge in [-0.05, 0) is 67.1 Å². The van der Waals surface area contributed by atoms with Crippen LogP contribution in [0, 0.1) is 0 Å². The van der Waals surface area contributed by atoms with Crippen LogP contribution >= 0.6 is 0 Å². The van der Waals surface area contributed by atoms with Crippen molar-refractivity contribution < 1.29 is 17.9 Å². The molecule has 0 radical (unpaired) electrons. The van der Waals surface area contributed by atoms with Crippen LogP contribution < -0.4 is 10.5 Å². The Morgan fingerprint density at radius 2 is 1.67 bits per heavy atom. The summed E-state index contributed by atoms with van der Waals surface area (Å²) < 4.78 is 45.8. The van der Waals surface area contributed by atoms with Crippen molar-refractivity contribution in [3.63, 3.8) is 0 Å². The Bertz CT molecular complexity index is 680. The van der Waals surface area contributed by atoms with Gasteiger partial charge in [-0.2, -0.15) is 13.2 Å². The molecule has 0 atom stereocenters. The van der Waals surface area contributed by atoms with E-state index in [0.717, 1.165) is 31.7 Å². The van der Waals surface area contributed by atoms with Gasteiger partial charge in [-0.15, -0.1) is 0 Å². The highest BCUT2D eigenvalue weighted by Crippen LogP contribution is 2.39. The molecule has 3 rings (SSSR count). The number of aromatic nitrogens is 1. The predicted molar refractivity (Wildman–Crippen MR) is 85.5 cm³/mol. The highest BCUT2D eigenvalue weighted by atomic mass is 19.4. The lowest BCUT2D eigenvalue weighted by Crippen LogP contribution is -2.31. The average Bonchev–Trinajstić information content (AvgIpc) is 2.57. The number of pyridine rings is 1. The van der Waals surface area contributed by atoms with Crippen LogP contribution in [0.3, 0.4) is 0 Å². The SMILES string of the molecule is N[C@H]1CC[C@H](Oc2ccc(C(F)(F)F)c(-c3ccncc3)c2)CC1. The standard InChI is InChI=1S/C18H19F3N2O/c19-18(20,21)17-6-5-15(24-14-3-1-13(22)2-4-14)11-16(17)12-7-9-23-10-8-12/h5-11,13-14H,1-4,22H2/t13-,14-. The number of rotatable bonds is 3. The third-order valence-corrected chi connectivity index (χ3v) is 4.31. The van der Waals surface area contributed by atoms with Gasteiger partial charge in [0, 0.05) is 18.4 Å². The first-order valence-corrected chi connectivity index (χ1v) is 7.97. The Morgan fingerprint density at radius 1 is 1.00 bits per heavy atom. The molecular weight excluding hydrogens is 317 g/mol. The Labute approximate surface area is 138 Å². The highest BCUT2D eigenvalue weighted by Gasteiger charge is 2.34. The quantitative estimate of drug-likeness (QED) is 0.903. The Balaban J connectivity index is 1.90. The molecule has 1 aromatic carbocycles. The molecule has 0 saturated heterocycles. The van der Waals surface area contributed by atoms with Crippen molar-refractivity contribution in [1.82, 2.24) is 4.98 Å². The van der Waals surface area contributed by atoms with E-state index in [0.29, 0.717) is 11.3 Å². The number of hydrogen-bond acceptors (Lipinski definition) is 3. The lowest BCUT2D eigenvalue weighted by atomic mass is 9.93. The Hall–Kier alpha value is -2.08. The summed E-state index contributed by atoms with van der Waals surface area (Å²) in [6.07, 6.45) is 1.95. The second kappa shape index (κ2) is 6.81. The molecule has 6 heteroatoms. The van der Waals surface area contributed by atoms with Crippen molar-refractivity contribution in [2.45, 2.75) is 44.0 Å². The molecule has 24 heavy (non-hydrogen) atoms. The summed E-state index contributed by atoms with van der Waals surface area (Å²) in [5.74, 6) is 0.454. The number of nitrogens with zero attached hydrogens (tertiary/aromatic N) is 1. The van der Waals surface area contributed by atoms with E-state index in [4.69, 9.17) is 10.5 Å². The van der Waals surface area contributed by atoms with E-state index >= 15 is 0 Å². The Morgan fingerprint density at radius 3 is 2.29 bits per heavy atom. The van der Waals surface area contributed by atoms with Gasteiger partial charge in [0.15, 0.2) is 0 Å². The molecule has 0 spiro atoms. The molecule has 3 nitrogen and oxygen atoms in total. The van der Waals surface area contributed by atoms with Crippen LogP contribution in [0.4, 0.5) is 13.2 Å². The third kappa shape index (κ3) is 3.87. The molecule has 0 amide bonds. The minimum absolute atomic E-state index is 0.00632. The van der Waals surface area contributed by atoms with E-state index < -0.39 is 11.7 Å². The van der Waals surface area contributed by atoms with Crippen molar-refractivity contribution in [3.8, 4) is 16.9 Å². The van der Waals surface area contributed by atoms with Gasteiger partial charge in [0.05, 0.1) is 11.7 Å². The molecule has 1 aromatic heterocycles. The fraction of sp³-hybridized carbons (Fsp3) is 0.389. The van der Waals surface area contributed by atoms with Crippen molar-refractivity contribution in [1.29, 1.82) is 0 Å². The highest BCUT2D eigenvalue weighted by molar-refractivity contribution is 5.69. The third-order valence-electron chi connectivity index (χ3n) is 4.31. The minimum atomic E-state index is -4.42. The Kier molecular flexibility index (Phi) is 4.76. The number of halogens is 3. The molecule has 0 unspecified atom stereocenters. The van der Waals surface area contributed by atoms with Gasteiger partial charge in [-0.3, -0.25) is 4.98 Å². The monoisotopic (exact) mass is 336 g/mol. The lowest BCUT2D eigenvalue weighted by Gasteiger charge is -2.27. The summed E-state index contributed by atoms with van der Waals surface area (Å²) in [6, 6.07) is 7.26. The maximum Gasteiger partial charge on any atom is 0.417 e. The first-order chi connectivity index (χ1) is 11.4. The minimum Gasteiger partial charge on any atom is -0.490 e. The van der Waals surface area contributed by atoms with E-state index in [-0.39, 0.29) is 17.7 Å². The zero-order valence-corrected chi connectivity index (χ0v) is 13.1. The summed E-state index contributed by atoms with van der Waals surface area (Å²) in [7, 11) is 0. The number of ether oxygens (including phenoxy) is 1. The molecule has 1 aliphatic carbocycles. The number of nitrogens with two attached hydrogens (primary N) is 1. The molecule has 0 bridgehead atoms. The van der Waals surface area contributed by atoms with Crippen LogP contribution in [-0.2, 0) is 6.18 Å². The maximum atomic E-state index is 13.3. The first kappa shape index (κ1) is 16.8. The topological polar surface area (TPSA) is 48.1 Å². The smallest absolute Gasteiger partial charge is 0.417 e. The maximum absolute atomic E-state index is 13.3. The van der Waals surface area contributed by atoms with Gasteiger partial charge in [0.2, 0.25) is 0 Å². The normalized spacial score (nSPS) is 21.5. The van der Waals surface area contributed by atoms with Crippen molar-refractivity contribution in [2.24, 2.45) is 5.73 Å². The number of hydrogen-bond donors (Lipinski definition) is 1. The van der Waals surface area contributed by atoms with E-state index in [2.05, 4.69) is 4.98 Å². The average molecular weight is 336 g/mol. The molecule has 2 aromatic rings. The first-order valence-electron chi connectivity index (χ1n) is 7.97. The fourth-order valence-electron chi connectivity index (χ4n) is 3.01. The van der Waals surface area contributed by atoms with Crippen molar-refractivity contribution in [3.05, 3.63) is 48.3 Å². The van der Waals surface area contributed by atoms with Crippen LogP contribution in [0.5, 0.6) is 5.75 Å². The zero-order chi connectivity index (χ0) is 17.2. The van der Waals surface area contributed by atoms with Crippen molar-refractivity contribution in [2.75, 3.05) is 0 Å². The summed E-state index contributed by atoms with van der Waals surface area (Å²) in [5.41, 5.74) is 5.77. The molecule has 1 saturated carbocycles. The second-order valence-corrected chi connectivity index (χ2v) is 6.10. The fourth-order valence-corrected chi connectivity index (χ4v) is 3.01. The van der Waals surface area contributed by atoms with Crippen LogP contribution in [-0.4, -0.2) is 17.1 Å². The largest absolute Gasteiger partial charge is 0.490 e. The van der Waals surface area contributed by atoms with Crippen LogP contribution in [0.1, 0.15) is 31.2 Å². The number of benzene rings is 1. The van der Waals surface area contributed by atoms with Gasteiger partial charge in [-0.25, -0.2) is 0 Å². The molecule has 1 heterocycles.